The summed E-state index contributed by atoms with van der Waals surface area (Å²) in [6.45, 7) is -0.469. The fourth-order valence-corrected chi connectivity index (χ4v) is 3.92. The molecular formula is C19H16BrN4O4S+. The maximum absolute atomic E-state index is 12.9. The van der Waals surface area contributed by atoms with Gasteiger partial charge in [-0.1, -0.05) is 39.8 Å². The molecule has 10 heteroatoms. The molecule has 0 spiro atoms. The van der Waals surface area contributed by atoms with Crippen LogP contribution >= 0.6 is 27.7 Å². The van der Waals surface area contributed by atoms with Crippen molar-refractivity contribution in [2.75, 3.05) is 18.2 Å². The van der Waals surface area contributed by atoms with Gasteiger partial charge in [0.1, 0.15) is 5.75 Å². The number of fused-ring (bicyclic) bond motifs is 3. The average molecular weight is 476 g/mol. The Morgan fingerprint density at radius 1 is 1.34 bits per heavy atom. The highest BCUT2D eigenvalue weighted by molar-refractivity contribution is 9.10. The average Bonchev–Trinajstić information content (AvgIpc) is 2.71. The number of anilines is 1. The maximum atomic E-state index is 12.9. The number of halogens is 1. The van der Waals surface area contributed by atoms with Crippen LogP contribution in [0.25, 0.3) is 11.3 Å². The fraction of sp³-hybridized carbons (Fsp3) is 0.158. The molecule has 0 bridgehead atoms. The van der Waals surface area contributed by atoms with E-state index in [1.165, 1.54) is 11.8 Å². The zero-order valence-electron chi connectivity index (χ0n) is 15.2. The number of aromatic amines is 1. The molecule has 1 aliphatic heterocycles. The number of carboxylic acids is 1. The first-order chi connectivity index (χ1) is 14.0. The zero-order valence-corrected chi connectivity index (χ0v) is 17.6. The molecule has 0 fully saturated rings. The first-order valence-corrected chi connectivity index (χ1v) is 10.6. The van der Waals surface area contributed by atoms with E-state index in [-0.39, 0.29) is 5.56 Å². The summed E-state index contributed by atoms with van der Waals surface area (Å²) in [5.41, 5.74) is 2.27. The van der Waals surface area contributed by atoms with E-state index in [1.54, 1.807) is 16.8 Å². The second-order valence-electron chi connectivity index (χ2n) is 6.21. The van der Waals surface area contributed by atoms with Gasteiger partial charge in [0, 0.05) is 9.57 Å². The SMILES string of the molecule is CSc1n[n+]2c(c(=O)[nH]1)-c1cc(Br)ccc1N[C@H]2c1ccccc1OCC(=O)O. The number of H-pyrrole nitrogens is 1. The van der Waals surface area contributed by atoms with Crippen LogP contribution in [0.1, 0.15) is 11.7 Å². The molecule has 0 saturated heterocycles. The van der Waals surface area contributed by atoms with Crippen molar-refractivity contribution in [1.29, 1.82) is 0 Å². The molecule has 3 aromatic rings. The highest BCUT2D eigenvalue weighted by atomic mass is 79.9. The highest BCUT2D eigenvalue weighted by Crippen LogP contribution is 2.36. The normalized spacial score (nSPS) is 14.5. The maximum Gasteiger partial charge on any atom is 0.341 e. The Labute approximate surface area is 178 Å². The second-order valence-corrected chi connectivity index (χ2v) is 7.92. The van der Waals surface area contributed by atoms with Gasteiger partial charge in [-0.05, 0) is 41.3 Å². The molecule has 0 saturated carbocycles. The van der Waals surface area contributed by atoms with E-state index < -0.39 is 18.7 Å². The molecule has 3 N–H and O–H groups in total. The van der Waals surface area contributed by atoms with E-state index in [9.17, 15) is 9.59 Å². The standard InChI is InChI=1S/C19H15BrN4O4S/c1-29-19-22-18(27)16-12-8-10(20)6-7-13(12)21-17(24(16)23-19)11-4-2-3-5-14(11)28-9-15(25)26/h2-8,17H,9H2,1H3,(H2,22,23,25,26,27)/p+1/t17-/m1/s1. The van der Waals surface area contributed by atoms with Gasteiger partial charge < -0.3 is 15.2 Å². The van der Waals surface area contributed by atoms with Crippen molar-refractivity contribution in [3.05, 3.63) is 62.9 Å². The summed E-state index contributed by atoms with van der Waals surface area (Å²) in [7, 11) is 0. The smallest absolute Gasteiger partial charge is 0.341 e. The van der Waals surface area contributed by atoms with E-state index >= 15 is 0 Å². The number of carbonyl (C=O) groups is 1. The van der Waals surface area contributed by atoms with Crippen LogP contribution in [0.2, 0.25) is 0 Å². The summed E-state index contributed by atoms with van der Waals surface area (Å²) < 4.78 is 7.93. The van der Waals surface area contributed by atoms with Crippen molar-refractivity contribution < 1.29 is 19.3 Å². The number of benzene rings is 2. The Bertz CT molecular complexity index is 1170. The van der Waals surface area contributed by atoms with Crippen LogP contribution < -0.4 is 20.3 Å². The Morgan fingerprint density at radius 3 is 2.90 bits per heavy atom. The van der Waals surface area contributed by atoms with Crippen molar-refractivity contribution in [1.82, 2.24) is 10.1 Å². The van der Waals surface area contributed by atoms with Crippen LogP contribution in [0.5, 0.6) is 5.75 Å². The van der Waals surface area contributed by atoms with Gasteiger partial charge in [-0.2, -0.15) is 0 Å². The molecule has 8 nitrogen and oxygen atoms in total. The largest absolute Gasteiger partial charge is 0.481 e. The van der Waals surface area contributed by atoms with Crippen molar-refractivity contribution >= 4 is 39.3 Å². The van der Waals surface area contributed by atoms with Crippen LogP contribution in [0.4, 0.5) is 5.69 Å². The number of rotatable bonds is 5. The molecule has 148 valence electrons. The number of nitrogens with zero attached hydrogens (tertiary/aromatic N) is 2. The Balaban J connectivity index is 1.92. The van der Waals surface area contributed by atoms with E-state index in [0.717, 1.165) is 10.2 Å². The van der Waals surface area contributed by atoms with Gasteiger partial charge in [0.15, 0.2) is 6.61 Å². The van der Waals surface area contributed by atoms with Gasteiger partial charge in [-0.15, -0.1) is 0 Å². The molecule has 1 atom stereocenters. The topological polar surface area (TPSA) is 108 Å². The molecule has 1 aliphatic rings. The summed E-state index contributed by atoms with van der Waals surface area (Å²) in [5.74, 6) is -0.668. The number of hydrogen-bond acceptors (Lipinski definition) is 6. The summed E-state index contributed by atoms with van der Waals surface area (Å²) in [6.07, 6.45) is 1.27. The first-order valence-electron chi connectivity index (χ1n) is 8.58. The number of carboxylic acid groups (broad SMARTS) is 1. The molecule has 4 rings (SSSR count). The summed E-state index contributed by atoms with van der Waals surface area (Å²) >= 11 is 4.77. The minimum absolute atomic E-state index is 0.265. The predicted molar refractivity (Wildman–Crippen MR) is 111 cm³/mol. The number of aromatic nitrogens is 3. The summed E-state index contributed by atoms with van der Waals surface area (Å²) in [5, 5.41) is 17.4. The lowest BCUT2D eigenvalue weighted by Gasteiger charge is -2.23. The molecule has 0 aliphatic carbocycles. The van der Waals surface area contributed by atoms with Gasteiger partial charge in [-0.3, -0.25) is 9.78 Å². The number of hydrogen-bond donors (Lipinski definition) is 3. The fourth-order valence-electron chi connectivity index (χ4n) is 3.19. The highest BCUT2D eigenvalue weighted by Gasteiger charge is 2.39. The molecule has 0 unspecified atom stereocenters. The number of nitrogens with one attached hydrogen (secondary N) is 2. The van der Waals surface area contributed by atoms with E-state index in [0.29, 0.717) is 27.7 Å². The number of para-hydroxylation sites is 1. The van der Waals surface area contributed by atoms with Crippen molar-refractivity contribution in [3.8, 4) is 17.0 Å². The van der Waals surface area contributed by atoms with E-state index in [4.69, 9.17) is 9.84 Å². The summed E-state index contributed by atoms with van der Waals surface area (Å²) in [6, 6.07) is 12.7. The quantitative estimate of drug-likeness (QED) is 0.384. The third-order valence-electron chi connectivity index (χ3n) is 4.39. The van der Waals surface area contributed by atoms with E-state index in [2.05, 4.69) is 31.3 Å². The number of ether oxygens (including phenoxy) is 1. The van der Waals surface area contributed by atoms with Gasteiger partial charge >= 0.3 is 17.2 Å². The molecule has 2 aromatic carbocycles. The zero-order chi connectivity index (χ0) is 20.5. The molecule has 1 aromatic heterocycles. The van der Waals surface area contributed by atoms with Gasteiger partial charge in [-0.25, -0.2) is 4.79 Å². The molecule has 29 heavy (non-hydrogen) atoms. The Kier molecular flexibility index (Phi) is 5.29. The molecular weight excluding hydrogens is 460 g/mol. The van der Waals surface area contributed by atoms with Crippen molar-refractivity contribution in [3.63, 3.8) is 0 Å². The van der Waals surface area contributed by atoms with Crippen molar-refractivity contribution in [2.45, 2.75) is 11.3 Å². The van der Waals surface area contributed by atoms with Crippen LogP contribution in [0.15, 0.2) is 56.9 Å². The third-order valence-corrected chi connectivity index (χ3v) is 5.46. The minimum atomic E-state index is -1.07. The lowest BCUT2D eigenvalue weighted by molar-refractivity contribution is -0.759. The van der Waals surface area contributed by atoms with Crippen LogP contribution in [0.3, 0.4) is 0 Å². The minimum Gasteiger partial charge on any atom is -0.481 e. The monoisotopic (exact) mass is 475 g/mol. The van der Waals surface area contributed by atoms with E-state index in [1.807, 2.05) is 36.6 Å². The third kappa shape index (κ3) is 3.73. The van der Waals surface area contributed by atoms with Crippen LogP contribution in [-0.4, -0.2) is 34.0 Å². The van der Waals surface area contributed by atoms with Gasteiger partial charge in [0.2, 0.25) is 5.16 Å². The lowest BCUT2D eigenvalue weighted by Crippen LogP contribution is -2.55. The molecule has 2 heterocycles. The van der Waals surface area contributed by atoms with Crippen LogP contribution in [0, 0.1) is 0 Å². The second kappa shape index (κ2) is 7.88. The van der Waals surface area contributed by atoms with Crippen molar-refractivity contribution in [2.24, 2.45) is 0 Å². The predicted octanol–water partition coefficient (Wildman–Crippen LogP) is 2.64. The first kappa shape index (κ1) is 19.5. The molecule has 0 amide bonds. The summed E-state index contributed by atoms with van der Waals surface area (Å²) in [4.78, 5) is 26.7. The van der Waals surface area contributed by atoms with Gasteiger partial charge in [0.05, 0.1) is 16.8 Å². The van der Waals surface area contributed by atoms with Crippen LogP contribution in [-0.2, 0) is 4.79 Å². The molecule has 0 radical (unpaired) electrons. The lowest BCUT2D eigenvalue weighted by atomic mass is 10.0. The Morgan fingerprint density at radius 2 is 2.14 bits per heavy atom. The number of aliphatic carboxylic acids is 1. The Hall–Kier alpha value is -2.85. The van der Waals surface area contributed by atoms with Gasteiger partial charge in [0.25, 0.3) is 6.17 Å². The number of thioether (sulfide) groups is 1.